The molecule has 1 aliphatic rings. The molecule has 0 aromatic heterocycles. The second-order valence-corrected chi connectivity index (χ2v) is 6.43. The molecule has 0 saturated carbocycles. The van der Waals surface area contributed by atoms with Gasteiger partial charge in [0.1, 0.15) is 0 Å². The number of hydrogen-bond acceptors (Lipinski definition) is 7. The van der Waals surface area contributed by atoms with E-state index < -0.39 is 5.97 Å². The molecule has 0 N–H and O–H groups in total. The van der Waals surface area contributed by atoms with Gasteiger partial charge in [-0.2, -0.15) is 0 Å². The van der Waals surface area contributed by atoms with Crippen molar-refractivity contribution in [1.29, 1.82) is 0 Å². The fraction of sp³-hybridized carbons (Fsp3) is 0.579. The Bertz CT molecular complexity index is 641. The second kappa shape index (κ2) is 9.45. The van der Waals surface area contributed by atoms with Crippen LogP contribution in [0.3, 0.4) is 0 Å². The normalized spacial score (nSPS) is 19.4. The van der Waals surface area contributed by atoms with Crippen LogP contribution < -0.4 is 14.2 Å². The molecule has 2 unspecified atom stereocenters. The van der Waals surface area contributed by atoms with Crippen molar-refractivity contribution in [2.75, 3.05) is 41.0 Å². The third-order valence-corrected chi connectivity index (χ3v) is 4.20. The molecular formula is C19H27NO7. The maximum Gasteiger partial charge on any atom is 0.310 e. The van der Waals surface area contributed by atoms with Crippen molar-refractivity contribution in [3.63, 3.8) is 0 Å². The first-order valence-corrected chi connectivity index (χ1v) is 8.75. The highest BCUT2D eigenvalue weighted by Crippen LogP contribution is 2.38. The van der Waals surface area contributed by atoms with Crippen molar-refractivity contribution in [3.8, 4) is 17.2 Å². The predicted molar refractivity (Wildman–Crippen MR) is 97.4 cm³/mol. The summed E-state index contributed by atoms with van der Waals surface area (Å²) in [6.45, 7) is 4.52. The zero-order valence-electron chi connectivity index (χ0n) is 16.4. The summed E-state index contributed by atoms with van der Waals surface area (Å²) in [4.78, 5) is 26.1. The van der Waals surface area contributed by atoms with Crippen molar-refractivity contribution in [1.82, 2.24) is 4.90 Å². The van der Waals surface area contributed by atoms with Gasteiger partial charge >= 0.3 is 5.97 Å². The Morgan fingerprint density at radius 2 is 1.59 bits per heavy atom. The molecule has 0 bridgehead atoms. The van der Waals surface area contributed by atoms with Gasteiger partial charge in [0, 0.05) is 13.1 Å². The van der Waals surface area contributed by atoms with Gasteiger partial charge in [-0.05, 0) is 31.5 Å². The van der Waals surface area contributed by atoms with Gasteiger partial charge < -0.3 is 28.6 Å². The van der Waals surface area contributed by atoms with Crippen LogP contribution in [0.2, 0.25) is 0 Å². The van der Waals surface area contributed by atoms with Crippen LogP contribution in [0, 0.1) is 0 Å². The minimum atomic E-state index is -0.507. The molecular weight excluding hydrogens is 354 g/mol. The number of rotatable bonds is 7. The Labute approximate surface area is 159 Å². The first-order chi connectivity index (χ1) is 12.9. The number of benzene rings is 1. The van der Waals surface area contributed by atoms with E-state index in [2.05, 4.69) is 0 Å². The average Bonchev–Trinajstić information content (AvgIpc) is 2.64. The van der Waals surface area contributed by atoms with Gasteiger partial charge in [-0.3, -0.25) is 9.59 Å². The lowest BCUT2D eigenvalue weighted by Crippen LogP contribution is -2.49. The molecule has 1 amide bonds. The van der Waals surface area contributed by atoms with E-state index in [0.29, 0.717) is 35.9 Å². The van der Waals surface area contributed by atoms with E-state index in [4.69, 9.17) is 23.7 Å². The number of hydrogen-bond donors (Lipinski definition) is 0. The summed E-state index contributed by atoms with van der Waals surface area (Å²) >= 11 is 0. The van der Waals surface area contributed by atoms with Crippen molar-refractivity contribution < 1.29 is 33.3 Å². The minimum absolute atomic E-state index is 0.0140. The van der Waals surface area contributed by atoms with Crippen LogP contribution in [-0.2, 0) is 25.5 Å². The summed E-state index contributed by atoms with van der Waals surface area (Å²) in [6, 6.07) is 3.35. The molecule has 0 radical (unpaired) electrons. The monoisotopic (exact) mass is 381 g/mol. The van der Waals surface area contributed by atoms with Gasteiger partial charge in [0.2, 0.25) is 5.75 Å². The third-order valence-electron chi connectivity index (χ3n) is 4.20. The molecule has 2 atom stereocenters. The van der Waals surface area contributed by atoms with Crippen LogP contribution in [0.4, 0.5) is 0 Å². The largest absolute Gasteiger partial charge is 0.493 e. The standard InChI is InChI=1S/C19H27NO7/c1-12-9-20(10-13(2)27-12)17(21)11-26-18(22)8-14-6-15(23-3)19(25-5)16(7-14)24-4/h6-7,12-13H,8-11H2,1-5H3. The van der Waals surface area contributed by atoms with Crippen molar-refractivity contribution in [2.45, 2.75) is 32.5 Å². The van der Waals surface area contributed by atoms with E-state index in [0.717, 1.165) is 0 Å². The molecule has 150 valence electrons. The van der Waals surface area contributed by atoms with Crippen LogP contribution in [0.25, 0.3) is 0 Å². The Morgan fingerprint density at radius 1 is 1.04 bits per heavy atom. The Morgan fingerprint density at radius 3 is 2.07 bits per heavy atom. The SMILES string of the molecule is COc1cc(CC(=O)OCC(=O)N2CC(C)OC(C)C2)cc(OC)c1OC. The van der Waals surface area contributed by atoms with Crippen LogP contribution in [0.15, 0.2) is 12.1 Å². The molecule has 0 aliphatic carbocycles. The summed E-state index contributed by atoms with van der Waals surface area (Å²) in [7, 11) is 4.51. The highest BCUT2D eigenvalue weighted by Gasteiger charge is 2.26. The molecule has 1 heterocycles. The van der Waals surface area contributed by atoms with Gasteiger partial charge in [0.25, 0.3) is 5.91 Å². The molecule has 27 heavy (non-hydrogen) atoms. The zero-order chi connectivity index (χ0) is 20.0. The van der Waals surface area contributed by atoms with E-state index >= 15 is 0 Å². The summed E-state index contributed by atoms with van der Waals surface area (Å²) in [5.41, 5.74) is 0.635. The molecule has 1 aromatic carbocycles. The molecule has 2 rings (SSSR count). The lowest BCUT2D eigenvalue weighted by Gasteiger charge is -2.35. The van der Waals surface area contributed by atoms with Gasteiger partial charge in [-0.25, -0.2) is 0 Å². The molecule has 1 aromatic rings. The fourth-order valence-corrected chi connectivity index (χ4v) is 3.07. The maximum atomic E-state index is 12.3. The van der Waals surface area contributed by atoms with E-state index in [1.165, 1.54) is 21.3 Å². The smallest absolute Gasteiger partial charge is 0.310 e. The highest BCUT2D eigenvalue weighted by molar-refractivity contribution is 5.81. The highest BCUT2D eigenvalue weighted by atomic mass is 16.5. The quantitative estimate of drug-likeness (QED) is 0.661. The van der Waals surface area contributed by atoms with Crippen LogP contribution in [0.1, 0.15) is 19.4 Å². The van der Waals surface area contributed by atoms with Crippen molar-refractivity contribution in [3.05, 3.63) is 17.7 Å². The van der Waals surface area contributed by atoms with Crippen LogP contribution in [-0.4, -0.2) is 70.0 Å². The van der Waals surface area contributed by atoms with Crippen LogP contribution in [0.5, 0.6) is 17.2 Å². The number of morpholine rings is 1. The number of ether oxygens (including phenoxy) is 5. The Kier molecular flexibility index (Phi) is 7.29. The lowest BCUT2D eigenvalue weighted by atomic mass is 10.1. The van der Waals surface area contributed by atoms with Crippen molar-refractivity contribution >= 4 is 11.9 Å². The van der Waals surface area contributed by atoms with Gasteiger partial charge in [0.05, 0.1) is 40.0 Å². The van der Waals surface area contributed by atoms with Crippen LogP contribution >= 0.6 is 0 Å². The summed E-state index contributed by atoms with van der Waals surface area (Å²) in [5, 5.41) is 0. The van der Waals surface area contributed by atoms with E-state index in [9.17, 15) is 9.59 Å². The molecule has 1 saturated heterocycles. The second-order valence-electron chi connectivity index (χ2n) is 6.43. The van der Waals surface area contributed by atoms with E-state index in [-0.39, 0.29) is 31.1 Å². The van der Waals surface area contributed by atoms with E-state index in [1.54, 1.807) is 17.0 Å². The zero-order valence-corrected chi connectivity index (χ0v) is 16.4. The van der Waals surface area contributed by atoms with Gasteiger partial charge in [-0.1, -0.05) is 0 Å². The molecule has 1 fully saturated rings. The molecule has 0 spiro atoms. The number of nitrogens with zero attached hydrogens (tertiary/aromatic N) is 1. The number of carbonyl (C=O) groups excluding carboxylic acids is 2. The average molecular weight is 381 g/mol. The fourth-order valence-electron chi connectivity index (χ4n) is 3.07. The first kappa shape index (κ1) is 20.8. The number of esters is 1. The summed E-state index contributed by atoms with van der Waals surface area (Å²) in [6.07, 6.45) is -0.0832. The first-order valence-electron chi connectivity index (χ1n) is 8.75. The van der Waals surface area contributed by atoms with E-state index in [1.807, 2.05) is 13.8 Å². The predicted octanol–water partition coefficient (Wildman–Crippen LogP) is 1.43. The lowest BCUT2D eigenvalue weighted by molar-refractivity contribution is -0.156. The van der Waals surface area contributed by atoms with Gasteiger partial charge in [-0.15, -0.1) is 0 Å². The minimum Gasteiger partial charge on any atom is -0.493 e. The van der Waals surface area contributed by atoms with Gasteiger partial charge in [0.15, 0.2) is 18.1 Å². The molecule has 8 nitrogen and oxygen atoms in total. The Hall–Kier alpha value is -2.48. The topological polar surface area (TPSA) is 83.5 Å². The molecule has 8 heteroatoms. The Balaban J connectivity index is 1.94. The number of amides is 1. The maximum absolute atomic E-state index is 12.3. The number of methoxy groups -OCH3 is 3. The number of carbonyl (C=O) groups is 2. The third kappa shape index (κ3) is 5.50. The summed E-state index contributed by atoms with van der Waals surface area (Å²) in [5.74, 6) is 0.615. The molecule has 1 aliphatic heterocycles. The van der Waals surface area contributed by atoms with Crippen molar-refractivity contribution in [2.24, 2.45) is 0 Å². The summed E-state index contributed by atoms with van der Waals surface area (Å²) < 4.78 is 26.5.